The zero-order valence-corrected chi connectivity index (χ0v) is 13.1. The van der Waals surface area contributed by atoms with Gasteiger partial charge in [-0.2, -0.15) is 16.7 Å². The minimum Gasteiger partial charge on any atom is -0.354 e. The Morgan fingerprint density at radius 2 is 2.05 bits per heavy atom. The van der Waals surface area contributed by atoms with Gasteiger partial charge < -0.3 is 10.2 Å². The van der Waals surface area contributed by atoms with Crippen LogP contribution in [0.25, 0.3) is 0 Å². The van der Waals surface area contributed by atoms with Crippen LogP contribution >= 0.6 is 11.8 Å². The predicted molar refractivity (Wildman–Crippen MR) is 84.3 cm³/mol. The van der Waals surface area contributed by atoms with E-state index in [1.165, 1.54) is 0 Å². The first-order valence-corrected chi connectivity index (χ1v) is 8.02. The molecular formula is C14H24N4S. The first-order chi connectivity index (χ1) is 9.10. The zero-order valence-electron chi connectivity index (χ0n) is 12.3. The molecule has 0 spiro atoms. The molecule has 0 bridgehead atoms. The number of hydrogen-bond donors (Lipinski definition) is 1. The molecule has 1 aromatic rings. The fourth-order valence-electron chi connectivity index (χ4n) is 2.43. The number of nitrogens with zero attached hydrogens (tertiary/aromatic N) is 3. The van der Waals surface area contributed by atoms with Gasteiger partial charge in [-0.15, -0.1) is 0 Å². The maximum absolute atomic E-state index is 4.70. The topological polar surface area (TPSA) is 41.1 Å². The fourth-order valence-corrected chi connectivity index (χ4v) is 3.75. The molecule has 1 aromatic heterocycles. The molecule has 106 valence electrons. The lowest BCUT2D eigenvalue weighted by Gasteiger charge is -2.36. The summed E-state index contributed by atoms with van der Waals surface area (Å²) in [6.45, 7) is 11.9. The van der Waals surface area contributed by atoms with Crippen LogP contribution in [0.1, 0.15) is 32.8 Å². The lowest BCUT2D eigenvalue weighted by Crippen LogP contribution is -2.41. The average molecular weight is 280 g/mol. The molecule has 1 saturated heterocycles. The quantitative estimate of drug-likeness (QED) is 0.918. The van der Waals surface area contributed by atoms with Gasteiger partial charge in [0.1, 0.15) is 5.82 Å². The van der Waals surface area contributed by atoms with Gasteiger partial charge in [0.15, 0.2) is 0 Å². The third-order valence-electron chi connectivity index (χ3n) is 3.20. The van der Waals surface area contributed by atoms with E-state index in [4.69, 9.17) is 4.98 Å². The van der Waals surface area contributed by atoms with Gasteiger partial charge >= 0.3 is 0 Å². The van der Waals surface area contributed by atoms with Crippen LogP contribution in [0.3, 0.4) is 0 Å². The summed E-state index contributed by atoms with van der Waals surface area (Å²) in [5, 5.41) is 4.58. The van der Waals surface area contributed by atoms with Gasteiger partial charge in [0, 0.05) is 41.9 Å². The molecule has 1 aliphatic heterocycles. The fraction of sp³-hybridized carbons (Fsp3) is 0.714. The zero-order chi connectivity index (χ0) is 13.8. The normalized spacial score (nSPS) is 23.5. The Bertz CT molecular complexity index is 414. The Hall–Kier alpha value is -0.970. The van der Waals surface area contributed by atoms with Crippen molar-refractivity contribution in [2.45, 2.75) is 44.6 Å². The van der Waals surface area contributed by atoms with Crippen molar-refractivity contribution < 1.29 is 0 Å². The minimum absolute atomic E-state index is 0.658. The highest BCUT2D eigenvalue weighted by Crippen LogP contribution is 2.29. The van der Waals surface area contributed by atoms with Gasteiger partial charge in [0.2, 0.25) is 5.95 Å². The second kappa shape index (κ2) is 6.46. The predicted octanol–water partition coefficient (Wildman–Crippen LogP) is 2.94. The summed E-state index contributed by atoms with van der Waals surface area (Å²) in [6, 6.07) is 0. The van der Waals surface area contributed by atoms with E-state index in [0.717, 1.165) is 43.4 Å². The Morgan fingerprint density at radius 1 is 1.37 bits per heavy atom. The number of hydrogen-bond acceptors (Lipinski definition) is 5. The maximum atomic E-state index is 4.70. The van der Waals surface area contributed by atoms with Crippen LogP contribution in [-0.2, 0) is 0 Å². The Morgan fingerprint density at radius 3 is 2.68 bits per heavy atom. The van der Waals surface area contributed by atoms with Crippen LogP contribution in [0.15, 0.2) is 6.20 Å². The molecule has 2 atom stereocenters. The molecule has 0 saturated carbocycles. The number of nitrogens with one attached hydrogen (secondary N) is 1. The molecule has 19 heavy (non-hydrogen) atoms. The van der Waals surface area contributed by atoms with Crippen LogP contribution in [0.5, 0.6) is 0 Å². The number of aryl methyl sites for hydroxylation is 1. The van der Waals surface area contributed by atoms with Crippen LogP contribution in [-0.4, -0.2) is 40.1 Å². The molecule has 4 nitrogen and oxygen atoms in total. The summed E-state index contributed by atoms with van der Waals surface area (Å²) in [4.78, 5) is 11.5. The van der Waals surface area contributed by atoms with Crippen LogP contribution in [0.2, 0.25) is 0 Å². The molecule has 1 aliphatic rings. The molecule has 1 fully saturated rings. The van der Waals surface area contributed by atoms with Gasteiger partial charge in [-0.1, -0.05) is 20.8 Å². The number of anilines is 2. The van der Waals surface area contributed by atoms with Crippen molar-refractivity contribution in [2.24, 2.45) is 0 Å². The Kier molecular flexibility index (Phi) is 4.91. The second-order valence-corrected chi connectivity index (χ2v) is 7.17. The van der Waals surface area contributed by atoms with Crippen molar-refractivity contribution in [2.75, 3.05) is 29.9 Å². The molecule has 2 heterocycles. The summed E-state index contributed by atoms with van der Waals surface area (Å²) in [7, 11) is 0. The average Bonchev–Trinajstić information content (AvgIpc) is 2.36. The SMILES string of the molecule is CCCNc1ncc(C)c(N2CC(C)SC(C)C2)n1. The molecule has 2 rings (SSSR count). The second-order valence-electron chi connectivity index (χ2n) is 5.29. The molecule has 1 N–H and O–H groups in total. The molecule has 0 radical (unpaired) electrons. The van der Waals surface area contributed by atoms with Gasteiger partial charge in [-0.3, -0.25) is 0 Å². The summed E-state index contributed by atoms with van der Waals surface area (Å²) in [5.74, 6) is 1.84. The van der Waals surface area contributed by atoms with Crippen molar-refractivity contribution in [1.29, 1.82) is 0 Å². The Balaban J connectivity index is 2.17. The smallest absolute Gasteiger partial charge is 0.224 e. The number of aromatic nitrogens is 2. The van der Waals surface area contributed by atoms with E-state index in [0.29, 0.717) is 10.5 Å². The van der Waals surface area contributed by atoms with E-state index >= 15 is 0 Å². The van der Waals surface area contributed by atoms with Gasteiger partial charge in [0.25, 0.3) is 0 Å². The summed E-state index contributed by atoms with van der Waals surface area (Å²) in [5.41, 5.74) is 1.16. The van der Waals surface area contributed by atoms with Crippen molar-refractivity contribution in [3.05, 3.63) is 11.8 Å². The largest absolute Gasteiger partial charge is 0.354 e. The van der Waals surface area contributed by atoms with Gasteiger partial charge in [0.05, 0.1) is 0 Å². The molecule has 2 unspecified atom stereocenters. The van der Waals surface area contributed by atoms with E-state index in [1.54, 1.807) is 0 Å². The van der Waals surface area contributed by atoms with Crippen molar-refractivity contribution >= 4 is 23.5 Å². The highest BCUT2D eigenvalue weighted by molar-refractivity contribution is 8.00. The minimum atomic E-state index is 0.658. The Labute approximate surface area is 120 Å². The molecular weight excluding hydrogens is 256 g/mol. The molecule has 0 amide bonds. The van der Waals surface area contributed by atoms with E-state index < -0.39 is 0 Å². The van der Waals surface area contributed by atoms with E-state index in [1.807, 2.05) is 6.20 Å². The highest BCUT2D eigenvalue weighted by Gasteiger charge is 2.24. The lowest BCUT2D eigenvalue weighted by atomic mass is 10.2. The molecule has 0 aliphatic carbocycles. The maximum Gasteiger partial charge on any atom is 0.224 e. The van der Waals surface area contributed by atoms with Crippen molar-refractivity contribution in [3.8, 4) is 0 Å². The van der Waals surface area contributed by atoms with Crippen LogP contribution in [0, 0.1) is 6.92 Å². The highest BCUT2D eigenvalue weighted by atomic mass is 32.2. The van der Waals surface area contributed by atoms with Crippen LogP contribution < -0.4 is 10.2 Å². The summed E-state index contributed by atoms with van der Waals surface area (Å²) >= 11 is 2.06. The summed E-state index contributed by atoms with van der Waals surface area (Å²) in [6.07, 6.45) is 3.01. The van der Waals surface area contributed by atoms with Gasteiger partial charge in [-0.25, -0.2) is 4.98 Å². The van der Waals surface area contributed by atoms with Crippen LogP contribution in [0.4, 0.5) is 11.8 Å². The summed E-state index contributed by atoms with van der Waals surface area (Å²) < 4.78 is 0. The van der Waals surface area contributed by atoms with E-state index in [9.17, 15) is 0 Å². The van der Waals surface area contributed by atoms with Gasteiger partial charge in [-0.05, 0) is 13.3 Å². The van der Waals surface area contributed by atoms with E-state index in [2.05, 4.69) is 54.7 Å². The first kappa shape index (κ1) is 14.4. The first-order valence-electron chi connectivity index (χ1n) is 7.08. The van der Waals surface area contributed by atoms with Crippen molar-refractivity contribution in [1.82, 2.24) is 9.97 Å². The number of thioether (sulfide) groups is 1. The third-order valence-corrected chi connectivity index (χ3v) is 4.42. The van der Waals surface area contributed by atoms with Crippen molar-refractivity contribution in [3.63, 3.8) is 0 Å². The standard InChI is InChI=1S/C14H24N4S/c1-5-6-15-14-16-7-10(2)13(17-14)18-8-11(3)19-12(4)9-18/h7,11-12H,5-6,8-9H2,1-4H3,(H,15,16,17). The molecule has 0 aromatic carbocycles. The third kappa shape index (κ3) is 3.75. The lowest BCUT2D eigenvalue weighted by molar-refractivity contribution is 0.714. The monoisotopic (exact) mass is 280 g/mol. The van der Waals surface area contributed by atoms with E-state index in [-0.39, 0.29) is 0 Å². The molecule has 5 heteroatoms. The number of rotatable bonds is 4.